The molecule has 0 aliphatic heterocycles. The van der Waals surface area contributed by atoms with E-state index in [9.17, 15) is 18.0 Å². The Morgan fingerprint density at radius 1 is 1.06 bits per heavy atom. The van der Waals surface area contributed by atoms with Gasteiger partial charge >= 0.3 is 0 Å². The van der Waals surface area contributed by atoms with Crippen LogP contribution in [0.3, 0.4) is 0 Å². The number of nitrogens with zero attached hydrogens (tertiary/aromatic N) is 1. The maximum Gasteiger partial charge on any atom is 0.255 e. The Morgan fingerprint density at radius 2 is 1.83 bits per heavy atom. The van der Waals surface area contributed by atoms with Gasteiger partial charge in [0.05, 0.1) is 15.7 Å². The van der Waals surface area contributed by atoms with Crippen molar-refractivity contribution in [1.82, 2.24) is 14.9 Å². The van der Waals surface area contributed by atoms with Crippen LogP contribution >= 0.6 is 11.6 Å². The summed E-state index contributed by atoms with van der Waals surface area (Å²) < 4.78 is 28.0. The van der Waals surface area contributed by atoms with E-state index in [0.717, 1.165) is 36.6 Å². The van der Waals surface area contributed by atoms with E-state index in [1.54, 1.807) is 54.9 Å². The molecule has 1 aliphatic carbocycles. The van der Waals surface area contributed by atoms with Gasteiger partial charge in [0, 0.05) is 46.7 Å². The molecule has 0 spiro atoms. The van der Waals surface area contributed by atoms with Crippen molar-refractivity contribution in [2.24, 2.45) is 5.92 Å². The zero-order valence-electron chi connectivity index (χ0n) is 19.5. The van der Waals surface area contributed by atoms with E-state index in [1.165, 1.54) is 22.8 Å². The summed E-state index contributed by atoms with van der Waals surface area (Å²) in [4.78, 5) is 28.3. The number of H-pyrrole nitrogens is 1. The minimum atomic E-state index is -3.59. The average Bonchev–Trinajstić information content (AvgIpc) is 3.25. The molecule has 2 N–H and O–H groups in total. The number of pyridine rings is 1. The highest BCUT2D eigenvalue weighted by atomic mass is 35.5. The Kier molecular flexibility index (Phi) is 6.73. The number of hydrogen-bond donors (Lipinski definition) is 2. The molecule has 9 heteroatoms. The molecule has 0 radical (unpaired) electrons. The molecule has 0 bridgehead atoms. The van der Waals surface area contributed by atoms with Crippen molar-refractivity contribution < 1.29 is 13.2 Å². The molecule has 2 aromatic carbocycles. The van der Waals surface area contributed by atoms with Gasteiger partial charge in [-0.2, -0.15) is 0 Å². The summed E-state index contributed by atoms with van der Waals surface area (Å²) in [6.07, 6.45) is 6.65. The van der Waals surface area contributed by atoms with Crippen molar-refractivity contribution in [2.75, 3.05) is 5.75 Å². The molecular formula is C27H26ClN3O4S. The van der Waals surface area contributed by atoms with Crippen LogP contribution in [0.1, 0.15) is 36.0 Å². The standard InChI is InChI=1S/C27H26ClN3O4S/c28-23-16-29-25-15-18(8-13-22(23)25)27(33)30-24-6-2-1-5-19(24)17-36(34,35)21-11-9-20(10-12-21)31-14-4-3-7-26(31)32/h3-4,7-16,19,24,29H,1-2,5-6,17H2,(H,30,33)/t19-,24?/m1/s1. The van der Waals surface area contributed by atoms with Crippen molar-refractivity contribution in [1.29, 1.82) is 0 Å². The van der Waals surface area contributed by atoms with Gasteiger partial charge in [0.2, 0.25) is 0 Å². The molecule has 7 nitrogen and oxygen atoms in total. The fourth-order valence-electron chi connectivity index (χ4n) is 4.91. The van der Waals surface area contributed by atoms with Crippen molar-refractivity contribution in [3.8, 4) is 5.69 Å². The van der Waals surface area contributed by atoms with Crippen LogP contribution in [0.25, 0.3) is 16.6 Å². The first-order chi connectivity index (χ1) is 17.3. The van der Waals surface area contributed by atoms with E-state index >= 15 is 0 Å². The Morgan fingerprint density at radius 3 is 2.61 bits per heavy atom. The number of benzene rings is 2. The van der Waals surface area contributed by atoms with Crippen LogP contribution in [0.2, 0.25) is 5.02 Å². The van der Waals surface area contributed by atoms with Gasteiger partial charge in [-0.3, -0.25) is 14.2 Å². The third-order valence-electron chi connectivity index (χ3n) is 6.85. The second-order valence-electron chi connectivity index (χ2n) is 9.21. The monoisotopic (exact) mass is 523 g/mol. The Labute approximate surface area is 214 Å². The SMILES string of the molecule is O=C(NC1CCCC[C@@H]1CS(=O)(=O)c1ccc(-n2ccccc2=O)cc1)c1ccc2c(Cl)c[nH]c2c1. The number of aromatic nitrogens is 2. The summed E-state index contributed by atoms with van der Waals surface area (Å²) in [6, 6.07) is 16.3. The molecule has 1 amide bonds. The summed E-state index contributed by atoms with van der Waals surface area (Å²) in [5, 5.41) is 4.52. The minimum Gasteiger partial charge on any atom is -0.360 e. The number of rotatable bonds is 6. The fourth-order valence-corrected chi connectivity index (χ4v) is 6.84. The Hall–Kier alpha value is -3.36. The molecule has 1 saturated carbocycles. The second-order valence-corrected chi connectivity index (χ2v) is 11.6. The number of carbonyl (C=O) groups is 1. The maximum absolute atomic E-state index is 13.3. The summed E-state index contributed by atoms with van der Waals surface area (Å²) in [5.41, 5.74) is 1.69. The number of amides is 1. The van der Waals surface area contributed by atoms with E-state index in [2.05, 4.69) is 10.3 Å². The van der Waals surface area contributed by atoms with Crippen molar-refractivity contribution in [3.63, 3.8) is 0 Å². The molecule has 186 valence electrons. The predicted molar refractivity (Wildman–Crippen MR) is 141 cm³/mol. The van der Waals surface area contributed by atoms with Crippen LogP contribution in [-0.4, -0.2) is 35.7 Å². The van der Waals surface area contributed by atoms with Crippen molar-refractivity contribution in [3.05, 3.63) is 94.0 Å². The Balaban J connectivity index is 1.31. The van der Waals surface area contributed by atoms with E-state index < -0.39 is 9.84 Å². The summed E-state index contributed by atoms with van der Waals surface area (Å²) in [6.45, 7) is 0. The molecule has 2 atom stereocenters. The summed E-state index contributed by atoms with van der Waals surface area (Å²) >= 11 is 6.13. The van der Waals surface area contributed by atoms with E-state index in [-0.39, 0.29) is 34.1 Å². The third-order valence-corrected chi connectivity index (χ3v) is 9.02. The predicted octanol–water partition coefficient (Wildman–Crippen LogP) is 4.73. The first kappa shape index (κ1) is 24.3. The van der Waals surface area contributed by atoms with Gasteiger partial charge in [-0.1, -0.05) is 36.6 Å². The maximum atomic E-state index is 13.3. The highest BCUT2D eigenvalue weighted by Gasteiger charge is 2.31. The number of sulfone groups is 1. The lowest BCUT2D eigenvalue weighted by Gasteiger charge is -2.32. The lowest BCUT2D eigenvalue weighted by atomic mass is 9.85. The zero-order chi connectivity index (χ0) is 25.3. The molecule has 1 unspecified atom stereocenters. The van der Waals surface area contributed by atoms with Crippen molar-refractivity contribution >= 4 is 38.2 Å². The van der Waals surface area contributed by atoms with Gasteiger partial charge in [-0.15, -0.1) is 0 Å². The van der Waals surface area contributed by atoms with Crippen LogP contribution in [0.5, 0.6) is 0 Å². The van der Waals surface area contributed by atoms with E-state index in [1.807, 2.05) is 0 Å². The number of hydrogen-bond acceptors (Lipinski definition) is 4. The molecular weight excluding hydrogens is 498 g/mol. The van der Waals surface area contributed by atoms with Gasteiger partial charge in [-0.05, 0) is 61.2 Å². The first-order valence-corrected chi connectivity index (χ1v) is 13.9. The number of fused-ring (bicyclic) bond motifs is 1. The molecule has 1 fully saturated rings. The molecule has 36 heavy (non-hydrogen) atoms. The largest absolute Gasteiger partial charge is 0.360 e. The lowest BCUT2D eigenvalue weighted by molar-refractivity contribution is 0.0911. The number of nitrogens with one attached hydrogen (secondary N) is 2. The van der Waals surface area contributed by atoms with Crippen LogP contribution in [0.15, 0.2) is 82.7 Å². The van der Waals surface area contributed by atoms with Gasteiger partial charge in [-0.25, -0.2) is 8.42 Å². The quantitative estimate of drug-likeness (QED) is 0.381. The first-order valence-electron chi connectivity index (χ1n) is 11.9. The third kappa shape index (κ3) is 4.96. The van der Waals surface area contributed by atoms with Gasteiger partial charge in [0.1, 0.15) is 0 Å². The highest BCUT2D eigenvalue weighted by molar-refractivity contribution is 7.91. The average molecular weight is 524 g/mol. The number of aromatic amines is 1. The van der Waals surface area contributed by atoms with Crippen molar-refractivity contribution in [2.45, 2.75) is 36.6 Å². The van der Waals surface area contributed by atoms with Gasteiger partial charge in [0.15, 0.2) is 9.84 Å². The van der Waals surface area contributed by atoms with Gasteiger partial charge < -0.3 is 10.3 Å². The zero-order valence-corrected chi connectivity index (χ0v) is 21.1. The summed E-state index contributed by atoms with van der Waals surface area (Å²) in [5.74, 6) is -0.462. The highest BCUT2D eigenvalue weighted by Crippen LogP contribution is 2.29. The van der Waals surface area contributed by atoms with Crippen LogP contribution in [0.4, 0.5) is 0 Å². The topological polar surface area (TPSA) is 101 Å². The van der Waals surface area contributed by atoms with E-state index in [0.29, 0.717) is 16.3 Å². The number of halogens is 1. The van der Waals surface area contributed by atoms with Gasteiger partial charge in [0.25, 0.3) is 11.5 Å². The smallest absolute Gasteiger partial charge is 0.255 e. The van der Waals surface area contributed by atoms with E-state index in [4.69, 9.17) is 11.6 Å². The van der Waals surface area contributed by atoms with Crippen LogP contribution in [0, 0.1) is 5.92 Å². The number of carbonyl (C=O) groups excluding carboxylic acids is 1. The molecule has 0 saturated heterocycles. The normalized spacial score (nSPS) is 18.2. The second kappa shape index (κ2) is 9.95. The minimum absolute atomic E-state index is 0.0478. The lowest BCUT2D eigenvalue weighted by Crippen LogP contribution is -2.44. The fraction of sp³-hybridized carbons (Fsp3) is 0.259. The summed E-state index contributed by atoms with van der Waals surface area (Å²) in [7, 11) is -3.59. The molecule has 4 aromatic rings. The van der Waals surface area contributed by atoms with Crippen LogP contribution < -0.4 is 10.9 Å². The molecule has 1 aliphatic rings. The molecule has 2 heterocycles. The molecule has 2 aromatic heterocycles. The van der Waals surface area contributed by atoms with Crippen LogP contribution in [-0.2, 0) is 9.84 Å². The molecule has 5 rings (SSSR count). The Bertz CT molecular complexity index is 1570.